The Morgan fingerprint density at radius 2 is 2.03 bits per heavy atom. The topological polar surface area (TPSA) is 76.7 Å². The summed E-state index contributed by atoms with van der Waals surface area (Å²) in [5, 5.41) is 6.82. The first-order valence-corrected chi connectivity index (χ1v) is 10.3. The molecule has 2 N–H and O–H groups in total. The number of halogens is 1. The lowest BCUT2D eigenvalue weighted by molar-refractivity contribution is -0.145. The summed E-state index contributed by atoms with van der Waals surface area (Å²) in [6.07, 6.45) is 1.81. The fourth-order valence-corrected chi connectivity index (χ4v) is 3.76. The van der Waals surface area contributed by atoms with Gasteiger partial charge < -0.3 is 20.1 Å². The molecule has 1 aliphatic rings. The lowest BCUT2D eigenvalue weighted by Crippen LogP contribution is -2.31. The molecule has 1 aliphatic heterocycles. The van der Waals surface area contributed by atoms with Gasteiger partial charge in [-0.3, -0.25) is 4.79 Å². The summed E-state index contributed by atoms with van der Waals surface area (Å²) in [6.45, 7) is 3.90. The third-order valence-corrected chi connectivity index (χ3v) is 5.32. The highest BCUT2D eigenvalue weighted by Gasteiger charge is 2.27. The van der Waals surface area contributed by atoms with Gasteiger partial charge in [0.25, 0.3) is 5.91 Å². The van der Waals surface area contributed by atoms with E-state index >= 15 is 0 Å². The molecule has 0 aliphatic carbocycles. The van der Waals surface area contributed by atoms with Crippen molar-refractivity contribution in [3.05, 3.63) is 63.5 Å². The Hall–Kier alpha value is -2.64. The Morgan fingerprint density at radius 3 is 2.76 bits per heavy atom. The maximum Gasteiger partial charge on any atom is 0.344 e. The van der Waals surface area contributed by atoms with Crippen molar-refractivity contribution in [3.63, 3.8) is 0 Å². The highest BCUT2D eigenvalue weighted by Crippen LogP contribution is 2.31. The number of benzene rings is 2. The van der Waals surface area contributed by atoms with Crippen LogP contribution in [0.5, 0.6) is 5.75 Å². The Kier molecular flexibility index (Phi) is 7.06. The summed E-state index contributed by atoms with van der Waals surface area (Å²) in [5.74, 6) is 0.000673. The normalized spacial score (nSPS) is 17.1. The van der Waals surface area contributed by atoms with E-state index in [1.54, 1.807) is 19.1 Å². The third kappa shape index (κ3) is 5.92. The molecular formula is C21H21ClN2O4S. The van der Waals surface area contributed by atoms with Gasteiger partial charge in [-0.15, -0.1) is 0 Å². The van der Waals surface area contributed by atoms with Crippen LogP contribution < -0.4 is 15.4 Å². The van der Waals surface area contributed by atoms with Crippen molar-refractivity contribution < 1.29 is 19.1 Å². The number of esters is 1. The first kappa shape index (κ1) is 21.1. The van der Waals surface area contributed by atoms with Crippen LogP contribution in [-0.2, 0) is 14.3 Å². The predicted molar refractivity (Wildman–Crippen MR) is 116 cm³/mol. The van der Waals surface area contributed by atoms with Gasteiger partial charge in [0.15, 0.2) is 12.1 Å². The second kappa shape index (κ2) is 9.71. The van der Waals surface area contributed by atoms with E-state index in [0.717, 1.165) is 16.8 Å². The van der Waals surface area contributed by atoms with Crippen LogP contribution in [0.1, 0.15) is 18.1 Å². The molecule has 2 aromatic carbocycles. The molecule has 1 fully saturated rings. The molecular weight excluding hydrogens is 412 g/mol. The fraction of sp³-hybridized carbons (Fsp3) is 0.238. The molecule has 1 unspecified atom stereocenters. The highest BCUT2D eigenvalue weighted by molar-refractivity contribution is 8.05. The van der Waals surface area contributed by atoms with Crippen LogP contribution in [0.2, 0.25) is 5.02 Å². The van der Waals surface area contributed by atoms with Gasteiger partial charge in [-0.25, -0.2) is 4.79 Å². The summed E-state index contributed by atoms with van der Waals surface area (Å²) in [5.41, 5.74) is 2.49. The Morgan fingerprint density at radius 1 is 1.28 bits per heavy atom. The molecule has 0 aromatic heterocycles. The van der Waals surface area contributed by atoms with Gasteiger partial charge in [0, 0.05) is 10.7 Å². The van der Waals surface area contributed by atoms with E-state index in [4.69, 9.17) is 21.1 Å². The zero-order valence-corrected chi connectivity index (χ0v) is 17.6. The standard InChI is InChI=1S/C21H21ClN2O4S/c1-3-27-19(25)12-28-16-8-5-14(6-9-16)10-18-20(26)24-21(29-18)23-17-11-15(22)7-4-13(17)2/h4-11,21,23H,3,12H2,1-2H3,(H,24,26)/b18-10-. The third-order valence-electron chi connectivity index (χ3n) is 4.06. The lowest BCUT2D eigenvalue weighted by atomic mass is 10.2. The van der Waals surface area contributed by atoms with Gasteiger partial charge in [-0.2, -0.15) is 0 Å². The molecule has 1 amide bonds. The van der Waals surface area contributed by atoms with E-state index in [9.17, 15) is 9.59 Å². The molecule has 2 aromatic rings. The average Bonchev–Trinajstić information content (AvgIpc) is 3.03. The maximum atomic E-state index is 12.3. The number of rotatable bonds is 7. The predicted octanol–water partition coefficient (Wildman–Crippen LogP) is 4.19. The number of amides is 1. The van der Waals surface area contributed by atoms with Crippen molar-refractivity contribution in [2.75, 3.05) is 18.5 Å². The number of hydrogen-bond acceptors (Lipinski definition) is 6. The number of thioether (sulfide) groups is 1. The van der Waals surface area contributed by atoms with Crippen LogP contribution in [0, 0.1) is 6.92 Å². The first-order chi connectivity index (χ1) is 13.9. The first-order valence-electron chi connectivity index (χ1n) is 9.05. The molecule has 3 rings (SSSR count). The molecule has 1 saturated heterocycles. The molecule has 152 valence electrons. The van der Waals surface area contributed by atoms with E-state index < -0.39 is 5.97 Å². The van der Waals surface area contributed by atoms with Crippen LogP contribution in [-0.4, -0.2) is 30.6 Å². The van der Waals surface area contributed by atoms with E-state index in [2.05, 4.69) is 10.6 Å². The number of hydrogen-bond donors (Lipinski definition) is 2. The number of nitrogens with one attached hydrogen (secondary N) is 2. The van der Waals surface area contributed by atoms with Crippen LogP contribution in [0.3, 0.4) is 0 Å². The van der Waals surface area contributed by atoms with Crippen molar-refractivity contribution >= 4 is 47.0 Å². The van der Waals surface area contributed by atoms with Crippen LogP contribution >= 0.6 is 23.4 Å². The zero-order chi connectivity index (χ0) is 20.8. The van der Waals surface area contributed by atoms with E-state index in [0.29, 0.717) is 22.3 Å². The fourth-order valence-electron chi connectivity index (χ4n) is 2.61. The molecule has 0 spiro atoms. The molecule has 0 saturated carbocycles. The Balaban J connectivity index is 1.61. The van der Waals surface area contributed by atoms with Crippen LogP contribution in [0.4, 0.5) is 5.69 Å². The molecule has 0 bridgehead atoms. The molecule has 1 atom stereocenters. The monoisotopic (exact) mass is 432 g/mol. The summed E-state index contributed by atoms with van der Waals surface area (Å²) in [6, 6.07) is 12.7. The second-order valence-electron chi connectivity index (χ2n) is 6.25. The molecule has 8 heteroatoms. The molecule has 0 radical (unpaired) electrons. The minimum atomic E-state index is -0.411. The number of ether oxygens (including phenoxy) is 2. The lowest BCUT2D eigenvalue weighted by Gasteiger charge is -2.15. The number of anilines is 1. The summed E-state index contributed by atoms with van der Waals surface area (Å²) in [4.78, 5) is 24.2. The Labute approximate surface area is 178 Å². The van der Waals surface area contributed by atoms with Gasteiger partial charge in [-0.05, 0) is 55.3 Å². The van der Waals surface area contributed by atoms with Crippen LogP contribution in [0.15, 0.2) is 47.4 Å². The zero-order valence-electron chi connectivity index (χ0n) is 16.0. The second-order valence-corrected chi connectivity index (χ2v) is 7.83. The van der Waals surface area contributed by atoms with E-state index in [1.165, 1.54) is 11.8 Å². The smallest absolute Gasteiger partial charge is 0.344 e. The number of aryl methyl sites for hydroxylation is 1. The van der Waals surface area contributed by atoms with Crippen molar-refractivity contribution in [3.8, 4) is 5.75 Å². The summed E-state index contributed by atoms with van der Waals surface area (Å²) in [7, 11) is 0. The van der Waals surface area contributed by atoms with Gasteiger partial charge in [-0.1, -0.05) is 41.6 Å². The van der Waals surface area contributed by atoms with Crippen molar-refractivity contribution in [1.29, 1.82) is 0 Å². The van der Waals surface area contributed by atoms with Gasteiger partial charge in [0.1, 0.15) is 5.75 Å². The van der Waals surface area contributed by atoms with Crippen molar-refractivity contribution in [2.24, 2.45) is 0 Å². The molecule has 1 heterocycles. The van der Waals surface area contributed by atoms with E-state index in [-0.39, 0.29) is 18.0 Å². The number of carbonyl (C=O) groups is 2. The van der Waals surface area contributed by atoms with Gasteiger partial charge in [0.2, 0.25) is 0 Å². The summed E-state index contributed by atoms with van der Waals surface area (Å²) < 4.78 is 10.2. The SMILES string of the molecule is CCOC(=O)COc1ccc(/C=C2\SC(Nc3cc(Cl)ccc3C)NC2=O)cc1. The average molecular weight is 433 g/mol. The maximum absolute atomic E-state index is 12.3. The Bertz CT molecular complexity index is 931. The van der Waals surface area contributed by atoms with Crippen LogP contribution in [0.25, 0.3) is 6.08 Å². The largest absolute Gasteiger partial charge is 0.482 e. The highest BCUT2D eigenvalue weighted by atomic mass is 35.5. The van der Waals surface area contributed by atoms with Crippen molar-refractivity contribution in [1.82, 2.24) is 5.32 Å². The molecule has 29 heavy (non-hydrogen) atoms. The van der Waals surface area contributed by atoms with Gasteiger partial charge in [0.05, 0.1) is 11.5 Å². The quantitative estimate of drug-likeness (QED) is 0.504. The van der Waals surface area contributed by atoms with Crippen molar-refractivity contribution in [2.45, 2.75) is 19.3 Å². The van der Waals surface area contributed by atoms with Gasteiger partial charge >= 0.3 is 5.97 Å². The minimum Gasteiger partial charge on any atom is -0.482 e. The minimum absolute atomic E-state index is 0.136. The number of carbonyl (C=O) groups excluding carboxylic acids is 2. The van der Waals surface area contributed by atoms with E-state index in [1.807, 2.05) is 43.3 Å². The summed E-state index contributed by atoms with van der Waals surface area (Å²) >= 11 is 7.45. The molecule has 6 nitrogen and oxygen atoms in total.